The van der Waals surface area contributed by atoms with Gasteiger partial charge in [0.25, 0.3) is 0 Å². The third-order valence-corrected chi connectivity index (χ3v) is 6.88. The van der Waals surface area contributed by atoms with Crippen LogP contribution in [0.25, 0.3) is 0 Å². The van der Waals surface area contributed by atoms with Gasteiger partial charge >= 0.3 is 0 Å². The molecular weight excluding hydrogens is 443 g/mol. The molecule has 0 amide bonds. The van der Waals surface area contributed by atoms with Crippen molar-refractivity contribution in [2.75, 3.05) is 7.05 Å². The van der Waals surface area contributed by atoms with Crippen molar-refractivity contribution >= 4 is 26.0 Å². The van der Waals surface area contributed by atoms with Crippen molar-refractivity contribution in [2.45, 2.75) is 10.9 Å². The van der Waals surface area contributed by atoms with Crippen LogP contribution in [0.3, 0.4) is 0 Å². The number of nitrogens with zero attached hydrogens (tertiary/aromatic N) is 2. The number of benzene rings is 3. The zero-order valence-electron chi connectivity index (χ0n) is 14.9. The highest BCUT2D eigenvalue weighted by Gasteiger charge is 2.30. The molecule has 142 valence electrons. The summed E-state index contributed by atoms with van der Waals surface area (Å²) in [6, 6.07) is 20.6. The standard InChI is InChI=1S/C21H16BrFN2O2S/c1-25(28(26,27)19-12-9-17(14-24)20(22)13-19)21(15-5-3-2-4-6-15)16-7-10-18(23)11-8-16/h2-13,21H,1H3. The highest BCUT2D eigenvalue weighted by Crippen LogP contribution is 2.33. The molecule has 0 aliphatic heterocycles. The molecule has 0 aliphatic rings. The summed E-state index contributed by atoms with van der Waals surface area (Å²) in [5, 5.41) is 9.06. The van der Waals surface area contributed by atoms with Crippen molar-refractivity contribution < 1.29 is 12.8 Å². The third-order valence-electron chi connectivity index (χ3n) is 4.40. The zero-order valence-corrected chi connectivity index (χ0v) is 17.3. The van der Waals surface area contributed by atoms with Crippen LogP contribution < -0.4 is 0 Å². The van der Waals surface area contributed by atoms with Gasteiger partial charge in [0.15, 0.2) is 0 Å². The lowest BCUT2D eigenvalue weighted by atomic mass is 9.99. The number of nitriles is 1. The maximum Gasteiger partial charge on any atom is 0.243 e. The summed E-state index contributed by atoms with van der Waals surface area (Å²) in [4.78, 5) is 0.0592. The first-order valence-electron chi connectivity index (χ1n) is 8.32. The maximum absolute atomic E-state index is 13.4. The van der Waals surface area contributed by atoms with Gasteiger partial charge in [-0.25, -0.2) is 12.8 Å². The molecule has 0 radical (unpaired) electrons. The Bertz CT molecular complexity index is 1130. The Hall–Kier alpha value is -2.53. The first-order valence-corrected chi connectivity index (χ1v) is 10.6. The Morgan fingerprint density at radius 1 is 1.00 bits per heavy atom. The predicted octanol–water partition coefficient (Wildman–Crippen LogP) is 4.87. The lowest BCUT2D eigenvalue weighted by Crippen LogP contribution is -2.32. The SMILES string of the molecule is CN(C(c1ccccc1)c1ccc(F)cc1)S(=O)(=O)c1ccc(C#N)c(Br)c1. The van der Waals surface area contributed by atoms with E-state index in [1.54, 1.807) is 12.1 Å². The van der Waals surface area contributed by atoms with E-state index in [9.17, 15) is 12.8 Å². The van der Waals surface area contributed by atoms with Gasteiger partial charge < -0.3 is 0 Å². The second-order valence-corrected chi connectivity index (χ2v) is 8.99. The highest BCUT2D eigenvalue weighted by atomic mass is 79.9. The molecule has 0 spiro atoms. The largest absolute Gasteiger partial charge is 0.243 e. The molecule has 1 atom stereocenters. The molecule has 3 aromatic carbocycles. The normalized spacial score (nSPS) is 12.5. The second kappa shape index (κ2) is 8.23. The number of hydrogen-bond acceptors (Lipinski definition) is 3. The molecule has 0 fully saturated rings. The topological polar surface area (TPSA) is 61.2 Å². The second-order valence-electron chi connectivity index (χ2n) is 6.14. The highest BCUT2D eigenvalue weighted by molar-refractivity contribution is 9.10. The number of rotatable bonds is 5. The van der Waals surface area contributed by atoms with E-state index in [1.807, 2.05) is 36.4 Å². The van der Waals surface area contributed by atoms with Crippen LogP contribution in [-0.4, -0.2) is 19.8 Å². The van der Waals surface area contributed by atoms with Crippen molar-refractivity contribution in [3.05, 3.63) is 99.8 Å². The molecule has 7 heteroatoms. The summed E-state index contributed by atoms with van der Waals surface area (Å²) in [6.45, 7) is 0. The molecule has 0 N–H and O–H groups in total. The molecular formula is C21H16BrFN2O2S. The van der Waals surface area contributed by atoms with Gasteiger partial charge in [-0.15, -0.1) is 0 Å². The molecule has 0 heterocycles. The average Bonchev–Trinajstić information content (AvgIpc) is 2.70. The molecule has 0 saturated heterocycles. The minimum atomic E-state index is -3.89. The van der Waals surface area contributed by atoms with Crippen LogP contribution in [0.1, 0.15) is 22.7 Å². The van der Waals surface area contributed by atoms with Gasteiger partial charge in [0.05, 0.1) is 16.5 Å². The summed E-state index contributed by atoms with van der Waals surface area (Å²) >= 11 is 3.24. The van der Waals surface area contributed by atoms with Crippen molar-refractivity contribution in [3.8, 4) is 6.07 Å². The molecule has 4 nitrogen and oxygen atoms in total. The zero-order chi connectivity index (χ0) is 20.3. The minimum Gasteiger partial charge on any atom is -0.207 e. The fraction of sp³-hybridized carbons (Fsp3) is 0.0952. The number of hydrogen-bond donors (Lipinski definition) is 0. The van der Waals surface area contributed by atoms with E-state index in [0.29, 0.717) is 15.6 Å². The summed E-state index contributed by atoms with van der Waals surface area (Å²) in [5.41, 5.74) is 1.75. The first kappa shape index (κ1) is 20.2. The molecule has 3 aromatic rings. The lowest BCUT2D eigenvalue weighted by molar-refractivity contribution is 0.417. The van der Waals surface area contributed by atoms with E-state index in [0.717, 1.165) is 5.56 Å². The van der Waals surface area contributed by atoms with Crippen LogP contribution in [0, 0.1) is 17.1 Å². The van der Waals surface area contributed by atoms with Crippen LogP contribution in [0.4, 0.5) is 4.39 Å². The van der Waals surface area contributed by atoms with E-state index in [1.165, 1.54) is 41.7 Å². The fourth-order valence-electron chi connectivity index (χ4n) is 2.94. The van der Waals surface area contributed by atoms with Crippen LogP contribution in [0.2, 0.25) is 0 Å². The predicted molar refractivity (Wildman–Crippen MR) is 108 cm³/mol. The molecule has 0 aliphatic carbocycles. The Kier molecular flexibility index (Phi) is 5.94. The van der Waals surface area contributed by atoms with Crippen LogP contribution in [-0.2, 0) is 10.0 Å². The van der Waals surface area contributed by atoms with Crippen molar-refractivity contribution in [1.82, 2.24) is 4.31 Å². The van der Waals surface area contributed by atoms with Gasteiger partial charge in [0.1, 0.15) is 11.9 Å². The third kappa shape index (κ3) is 3.99. The number of sulfonamides is 1. The quantitative estimate of drug-likeness (QED) is 0.547. The van der Waals surface area contributed by atoms with Gasteiger partial charge in [0, 0.05) is 11.5 Å². The molecule has 28 heavy (non-hydrogen) atoms. The maximum atomic E-state index is 13.4. The van der Waals surface area contributed by atoms with Gasteiger partial charge in [-0.05, 0) is 57.4 Å². The first-order chi connectivity index (χ1) is 13.3. The minimum absolute atomic E-state index is 0.0592. The molecule has 0 bridgehead atoms. The lowest BCUT2D eigenvalue weighted by Gasteiger charge is -2.28. The summed E-state index contributed by atoms with van der Waals surface area (Å²) in [7, 11) is -2.40. The molecule has 0 saturated carbocycles. The Balaban J connectivity index is 2.10. The van der Waals surface area contributed by atoms with Gasteiger partial charge in [-0.2, -0.15) is 9.57 Å². The summed E-state index contributed by atoms with van der Waals surface area (Å²) < 4.78 is 41.6. The Morgan fingerprint density at radius 2 is 1.61 bits per heavy atom. The Labute approximate surface area is 172 Å². The van der Waals surface area contributed by atoms with E-state index < -0.39 is 21.9 Å². The molecule has 0 aromatic heterocycles. The van der Waals surface area contributed by atoms with Crippen LogP contribution in [0.15, 0.2) is 82.2 Å². The van der Waals surface area contributed by atoms with E-state index in [-0.39, 0.29) is 4.90 Å². The monoisotopic (exact) mass is 458 g/mol. The Morgan fingerprint density at radius 3 is 2.18 bits per heavy atom. The van der Waals surface area contributed by atoms with Crippen molar-refractivity contribution in [2.24, 2.45) is 0 Å². The smallest absolute Gasteiger partial charge is 0.207 e. The average molecular weight is 459 g/mol. The fourth-order valence-corrected chi connectivity index (χ4v) is 4.92. The van der Waals surface area contributed by atoms with Gasteiger partial charge in [-0.3, -0.25) is 0 Å². The van der Waals surface area contributed by atoms with Crippen LogP contribution in [0.5, 0.6) is 0 Å². The van der Waals surface area contributed by atoms with E-state index in [2.05, 4.69) is 15.9 Å². The van der Waals surface area contributed by atoms with Crippen molar-refractivity contribution in [3.63, 3.8) is 0 Å². The molecule has 3 rings (SSSR count). The number of halogens is 2. The van der Waals surface area contributed by atoms with E-state index >= 15 is 0 Å². The summed E-state index contributed by atoms with van der Waals surface area (Å²) in [6.07, 6.45) is 0. The van der Waals surface area contributed by atoms with Gasteiger partial charge in [-0.1, -0.05) is 42.5 Å². The summed E-state index contributed by atoms with van der Waals surface area (Å²) in [5.74, 6) is -0.392. The van der Waals surface area contributed by atoms with Crippen LogP contribution >= 0.6 is 15.9 Å². The molecule has 1 unspecified atom stereocenters. The van der Waals surface area contributed by atoms with Crippen molar-refractivity contribution in [1.29, 1.82) is 5.26 Å². The van der Waals surface area contributed by atoms with Gasteiger partial charge in [0.2, 0.25) is 10.0 Å². The van der Waals surface area contributed by atoms with E-state index in [4.69, 9.17) is 5.26 Å².